The molecule has 3 N–H and O–H groups in total. The van der Waals surface area contributed by atoms with Crippen LogP contribution in [0.5, 0.6) is 11.5 Å². The molecule has 0 aliphatic heterocycles. The SMILES string of the molecule is COc1ccc(C(=O)NCC(=O)NN=C(CCC(=O)O)c2ccccc2)cc1OC. The molecule has 0 fully saturated rings. The van der Waals surface area contributed by atoms with Gasteiger partial charge in [0.15, 0.2) is 11.5 Å². The van der Waals surface area contributed by atoms with E-state index in [0.717, 1.165) is 0 Å². The van der Waals surface area contributed by atoms with E-state index in [2.05, 4.69) is 15.8 Å². The van der Waals surface area contributed by atoms with Gasteiger partial charge >= 0.3 is 5.97 Å². The summed E-state index contributed by atoms with van der Waals surface area (Å²) in [6.07, 6.45) is 0.0251. The largest absolute Gasteiger partial charge is 0.493 e. The Kier molecular flexibility index (Phi) is 8.37. The van der Waals surface area contributed by atoms with Gasteiger partial charge in [-0.15, -0.1) is 0 Å². The minimum Gasteiger partial charge on any atom is -0.493 e. The number of nitrogens with zero attached hydrogens (tertiary/aromatic N) is 1. The number of hydrogen-bond donors (Lipinski definition) is 3. The highest BCUT2D eigenvalue weighted by Gasteiger charge is 2.12. The van der Waals surface area contributed by atoms with Crippen LogP contribution in [-0.4, -0.2) is 49.4 Å². The predicted octanol–water partition coefficient (Wildman–Crippen LogP) is 1.82. The monoisotopic (exact) mass is 413 g/mol. The molecule has 9 heteroatoms. The molecule has 0 aromatic heterocycles. The van der Waals surface area contributed by atoms with E-state index < -0.39 is 17.8 Å². The first-order valence-corrected chi connectivity index (χ1v) is 9.07. The Morgan fingerprint density at radius 1 is 0.933 bits per heavy atom. The van der Waals surface area contributed by atoms with Gasteiger partial charge in [-0.25, -0.2) is 5.43 Å². The number of rotatable bonds is 10. The number of carbonyl (C=O) groups is 3. The number of amides is 2. The highest BCUT2D eigenvalue weighted by atomic mass is 16.5. The van der Waals surface area contributed by atoms with Crippen LogP contribution >= 0.6 is 0 Å². The molecule has 0 heterocycles. The van der Waals surface area contributed by atoms with Crippen LogP contribution in [0.3, 0.4) is 0 Å². The third kappa shape index (κ3) is 6.62. The Bertz CT molecular complexity index is 928. The molecular weight excluding hydrogens is 390 g/mol. The van der Waals surface area contributed by atoms with Crippen LogP contribution in [0.4, 0.5) is 0 Å². The lowest BCUT2D eigenvalue weighted by Crippen LogP contribution is -2.35. The van der Waals surface area contributed by atoms with Crippen molar-refractivity contribution in [2.45, 2.75) is 12.8 Å². The number of carbonyl (C=O) groups excluding carboxylic acids is 2. The van der Waals surface area contributed by atoms with Crippen molar-refractivity contribution in [3.8, 4) is 11.5 Å². The van der Waals surface area contributed by atoms with E-state index in [1.807, 2.05) is 6.07 Å². The van der Waals surface area contributed by atoms with E-state index in [0.29, 0.717) is 28.3 Å². The van der Waals surface area contributed by atoms with Crippen LogP contribution < -0.4 is 20.2 Å². The first kappa shape index (κ1) is 22.4. The van der Waals surface area contributed by atoms with E-state index in [1.165, 1.54) is 20.3 Å². The molecular formula is C21H23N3O6. The van der Waals surface area contributed by atoms with Gasteiger partial charge in [0, 0.05) is 12.0 Å². The van der Waals surface area contributed by atoms with Crippen LogP contribution in [0.1, 0.15) is 28.8 Å². The van der Waals surface area contributed by atoms with Crippen LogP contribution in [-0.2, 0) is 9.59 Å². The smallest absolute Gasteiger partial charge is 0.303 e. The number of nitrogens with one attached hydrogen (secondary N) is 2. The molecule has 9 nitrogen and oxygen atoms in total. The standard InChI is InChI=1S/C21H23N3O6/c1-29-17-10-8-15(12-18(17)30-2)21(28)22-13-19(25)24-23-16(9-11-20(26)27)14-6-4-3-5-7-14/h3-8,10,12H,9,11,13H2,1-2H3,(H,22,28)(H,24,25)(H,26,27). The zero-order chi connectivity index (χ0) is 21.9. The van der Waals surface area contributed by atoms with E-state index in [9.17, 15) is 14.4 Å². The molecule has 0 bridgehead atoms. The van der Waals surface area contributed by atoms with Crippen LogP contribution in [0, 0.1) is 0 Å². The summed E-state index contributed by atoms with van der Waals surface area (Å²) in [5.41, 5.74) is 3.78. The topological polar surface area (TPSA) is 126 Å². The summed E-state index contributed by atoms with van der Waals surface area (Å²) >= 11 is 0. The lowest BCUT2D eigenvalue weighted by molar-refractivity contribution is -0.136. The number of hydrazone groups is 1. The molecule has 2 rings (SSSR count). The second-order valence-corrected chi connectivity index (χ2v) is 6.11. The number of carboxylic acids is 1. The molecule has 0 atom stereocenters. The highest BCUT2D eigenvalue weighted by molar-refractivity contribution is 6.02. The summed E-state index contributed by atoms with van der Waals surface area (Å²) < 4.78 is 10.3. The van der Waals surface area contributed by atoms with Crippen molar-refractivity contribution < 1.29 is 29.0 Å². The molecule has 2 amide bonds. The number of aliphatic carboxylic acids is 1. The Morgan fingerprint density at radius 2 is 1.63 bits per heavy atom. The van der Waals surface area contributed by atoms with Gasteiger partial charge in [0.25, 0.3) is 11.8 Å². The fourth-order valence-electron chi connectivity index (χ4n) is 2.53. The third-order valence-electron chi connectivity index (χ3n) is 4.05. The average Bonchev–Trinajstić information content (AvgIpc) is 2.77. The van der Waals surface area contributed by atoms with Gasteiger partial charge in [-0.2, -0.15) is 5.10 Å². The molecule has 0 radical (unpaired) electrons. The first-order chi connectivity index (χ1) is 14.4. The Hall–Kier alpha value is -3.88. The zero-order valence-corrected chi connectivity index (χ0v) is 16.7. The first-order valence-electron chi connectivity index (χ1n) is 9.07. The fraction of sp³-hybridized carbons (Fsp3) is 0.238. The molecule has 0 saturated heterocycles. The molecule has 0 unspecified atom stereocenters. The molecule has 158 valence electrons. The van der Waals surface area contributed by atoms with Crippen molar-refractivity contribution in [2.24, 2.45) is 5.10 Å². The normalized spacial score (nSPS) is 10.8. The average molecular weight is 413 g/mol. The Balaban J connectivity index is 1.98. The van der Waals surface area contributed by atoms with Crippen LogP contribution in [0.15, 0.2) is 53.6 Å². The maximum absolute atomic E-state index is 12.3. The molecule has 0 aliphatic carbocycles. The van der Waals surface area contributed by atoms with Crippen molar-refractivity contribution >= 4 is 23.5 Å². The van der Waals surface area contributed by atoms with E-state index in [4.69, 9.17) is 14.6 Å². The Labute approximate surface area is 173 Å². The van der Waals surface area contributed by atoms with Crippen molar-refractivity contribution in [1.82, 2.24) is 10.7 Å². The number of ether oxygens (including phenoxy) is 2. The summed E-state index contributed by atoms with van der Waals surface area (Å²) in [5.74, 6) is -1.11. The lowest BCUT2D eigenvalue weighted by atomic mass is 10.1. The molecule has 0 spiro atoms. The van der Waals surface area contributed by atoms with Crippen molar-refractivity contribution in [1.29, 1.82) is 0 Å². The number of carboxylic acid groups (broad SMARTS) is 1. The molecule has 2 aromatic rings. The number of methoxy groups -OCH3 is 2. The molecule has 2 aromatic carbocycles. The maximum Gasteiger partial charge on any atom is 0.303 e. The summed E-state index contributed by atoms with van der Waals surface area (Å²) in [4.78, 5) is 35.2. The predicted molar refractivity (Wildman–Crippen MR) is 110 cm³/mol. The van der Waals surface area contributed by atoms with Gasteiger partial charge in [-0.3, -0.25) is 14.4 Å². The van der Waals surface area contributed by atoms with Gasteiger partial charge in [0.1, 0.15) is 0 Å². The van der Waals surface area contributed by atoms with Gasteiger partial charge in [0.2, 0.25) is 0 Å². The second-order valence-electron chi connectivity index (χ2n) is 6.11. The van der Waals surface area contributed by atoms with Crippen molar-refractivity contribution in [3.63, 3.8) is 0 Å². The molecule has 0 aliphatic rings. The molecule has 30 heavy (non-hydrogen) atoms. The summed E-state index contributed by atoms with van der Waals surface area (Å²) in [5, 5.41) is 15.4. The lowest BCUT2D eigenvalue weighted by Gasteiger charge is -2.10. The van der Waals surface area contributed by atoms with Gasteiger partial charge in [-0.1, -0.05) is 30.3 Å². The number of benzene rings is 2. The van der Waals surface area contributed by atoms with Crippen LogP contribution in [0.2, 0.25) is 0 Å². The maximum atomic E-state index is 12.3. The quantitative estimate of drug-likeness (QED) is 0.403. The highest BCUT2D eigenvalue weighted by Crippen LogP contribution is 2.27. The Morgan fingerprint density at radius 3 is 2.27 bits per heavy atom. The second kappa shape index (κ2) is 11.2. The fourth-order valence-corrected chi connectivity index (χ4v) is 2.53. The summed E-state index contributed by atoms with van der Waals surface area (Å²) in [7, 11) is 2.95. The van der Waals surface area contributed by atoms with Gasteiger partial charge in [0.05, 0.1) is 32.9 Å². The van der Waals surface area contributed by atoms with E-state index in [1.54, 1.807) is 36.4 Å². The van der Waals surface area contributed by atoms with Gasteiger partial charge < -0.3 is 19.9 Å². The minimum atomic E-state index is -0.966. The summed E-state index contributed by atoms with van der Waals surface area (Å²) in [6.45, 7) is -0.308. The van der Waals surface area contributed by atoms with Crippen molar-refractivity contribution in [3.05, 3.63) is 59.7 Å². The van der Waals surface area contributed by atoms with E-state index >= 15 is 0 Å². The third-order valence-corrected chi connectivity index (χ3v) is 4.05. The minimum absolute atomic E-state index is 0.125. The van der Waals surface area contributed by atoms with E-state index in [-0.39, 0.29) is 19.4 Å². The number of hydrogen-bond acceptors (Lipinski definition) is 6. The van der Waals surface area contributed by atoms with Crippen LogP contribution in [0.25, 0.3) is 0 Å². The summed E-state index contributed by atoms with van der Waals surface area (Å²) in [6, 6.07) is 13.6. The zero-order valence-electron chi connectivity index (χ0n) is 16.7. The van der Waals surface area contributed by atoms with Crippen molar-refractivity contribution in [2.75, 3.05) is 20.8 Å². The van der Waals surface area contributed by atoms with Gasteiger partial charge in [-0.05, 0) is 23.8 Å². The molecule has 0 saturated carbocycles.